The van der Waals surface area contributed by atoms with Gasteiger partial charge in [0.05, 0.1) is 29.5 Å². The highest BCUT2D eigenvalue weighted by Gasteiger charge is 2.02. The third-order valence-electron chi connectivity index (χ3n) is 9.07. The molecule has 0 aromatic carbocycles. The molecule has 0 unspecified atom stereocenters. The lowest BCUT2D eigenvalue weighted by molar-refractivity contribution is 0.735. The molecule has 0 aliphatic carbocycles. The Balaban J connectivity index is 0.000000411. The normalized spacial score (nSPS) is 10.1. The van der Waals surface area contributed by atoms with Crippen LogP contribution in [0.15, 0.2) is 136 Å². The monoisotopic (exact) mass is 979 g/mol. The van der Waals surface area contributed by atoms with Gasteiger partial charge in [-0.05, 0) is 66.0 Å². The summed E-state index contributed by atoms with van der Waals surface area (Å²) in [5, 5.41) is 22.7. The molecular formula is C54H78N18. The van der Waals surface area contributed by atoms with E-state index < -0.39 is 0 Å². The molecule has 72 heavy (non-hydrogen) atoms. The van der Waals surface area contributed by atoms with Crippen LogP contribution in [0.5, 0.6) is 0 Å². The molecule has 0 atom stereocenters. The van der Waals surface area contributed by atoms with E-state index in [-0.39, 0.29) is 0 Å². The van der Waals surface area contributed by atoms with Crippen LogP contribution in [0, 0.1) is 0 Å². The maximum atomic E-state index is 4.18. The number of nitrogens with zero attached hydrogens (tertiary/aromatic N) is 18. The standard InChI is InChI=1S/C8H11N.4C7H10N2.3C6H9N3/c1-7(2)8-5-3-4-6-9-8;1-6(2)7-5-8-3-4-9-7;1-6(2)7-3-4-8-5-9-7;1-6(2)7-8-4-3-5-9-7;1-6(2)7-4-3-5-8-9-7;1-5(2)6-8-3-7-4-9-6;1-5(2)6-3-7-4-8-9-6;1-5(2)6-7-3-4-8-9-6/h3-7H,1-2H3;4*3-6H,1-2H3;3*3-5H,1-2H3. The first-order chi connectivity index (χ1) is 34.4. The molecule has 0 fully saturated rings. The van der Waals surface area contributed by atoms with Crippen LogP contribution in [0.4, 0.5) is 0 Å². The average molecular weight is 979 g/mol. The van der Waals surface area contributed by atoms with Gasteiger partial charge in [0, 0.05) is 84.9 Å². The Morgan fingerprint density at radius 3 is 1.07 bits per heavy atom. The van der Waals surface area contributed by atoms with Crippen LogP contribution in [0.2, 0.25) is 0 Å². The first kappa shape index (κ1) is 62.5. The van der Waals surface area contributed by atoms with Crippen molar-refractivity contribution in [3.8, 4) is 0 Å². The molecule has 0 bridgehead atoms. The minimum absolute atomic E-state index is 0.374. The Hall–Kier alpha value is -7.50. The summed E-state index contributed by atoms with van der Waals surface area (Å²) in [4.78, 5) is 47.7. The van der Waals surface area contributed by atoms with Gasteiger partial charge in [0.15, 0.2) is 5.82 Å². The maximum Gasteiger partial charge on any atom is 0.153 e. The van der Waals surface area contributed by atoms with Gasteiger partial charge in [0.2, 0.25) is 0 Å². The third kappa shape index (κ3) is 30.2. The van der Waals surface area contributed by atoms with E-state index in [0.29, 0.717) is 47.3 Å². The van der Waals surface area contributed by atoms with Crippen LogP contribution in [0.1, 0.15) is 204 Å². The maximum absolute atomic E-state index is 4.18. The second-order valence-electron chi connectivity index (χ2n) is 18.0. The van der Waals surface area contributed by atoms with Crippen molar-refractivity contribution in [3.05, 3.63) is 182 Å². The average Bonchev–Trinajstić information content (AvgIpc) is 3.42. The van der Waals surface area contributed by atoms with Gasteiger partial charge in [-0.2, -0.15) is 20.4 Å². The van der Waals surface area contributed by atoms with Gasteiger partial charge in [-0.3, -0.25) is 15.0 Å². The number of aromatic nitrogens is 18. The summed E-state index contributed by atoms with van der Waals surface area (Å²) < 4.78 is 0. The molecule has 0 amide bonds. The lowest BCUT2D eigenvalue weighted by atomic mass is 10.1. The minimum Gasteiger partial charge on any atom is -0.261 e. The molecule has 0 saturated carbocycles. The quantitative estimate of drug-likeness (QED) is 0.138. The van der Waals surface area contributed by atoms with E-state index in [1.54, 1.807) is 68.3 Å². The van der Waals surface area contributed by atoms with Crippen LogP contribution in [-0.2, 0) is 0 Å². The Morgan fingerprint density at radius 2 is 0.736 bits per heavy atom. The van der Waals surface area contributed by atoms with Crippen LogP contribution in [-0.4, -0.2) is 90.4 Å². The van der Waals surface area contributed by atoms with Crippen molar-refractivity contribution in [3.63, 3.8) is 0 Å². The summed E-state index contributed by atoms with van der Waals surface area (Å²) in [6.07, 6.45) is 25.0. The van der Waals surface area contributed by atoms with Crippen molar-refractivity contribution in [1.82, 2.24) is 90.4 Å². The van der Waals surface area contributed by atoms with E-state index in [0.717, 1.165) is 45.9 Å². The number of hydrogen-bond acceptors (Lipinski definition) is 18. The summed E-state index contributed by atoms with van der Waals surface area (Å²) in [5.41, 5.74) is 5.31. The summed E-state index contributed by atoms with van der Waals surface area (Å²) in [6.45, 7) is 33.4. The van der Waals surface area contributed by atoms with Crippen molar-refractivity contribution < 1.29 is 0 Å². The van der Waals surface area contributed by atoms with E-state index in [4.69, 9.17) is 0 Å². The SMILES string of the molecule is CC(C)c1ccccn1.CC(C)c1cccnn1.CC(C)c1ccncn1.CC(C)c1cnccn1.CC(C)c1cncnn1.CC(C)c1ncccn1.CC(C)c1nccnn1.CC(C)c1ncncn1. The molecule has 8 rings (SSSR count). The predicted octanol–water partition coefficient (Wildman–Crippen LogP) is 11.6. The molecule has 0 N–H and O–H groups in total. The van der Waals surface area contributed by atoms with E-state index >= 15 is 0 Å². The zero-order chi connectivity index (χ0) is 53.5. The third-order valence-corrected chi connectivity index (χ3v) is 9.07. The summed E-state index contributed by atoms with van der Waals surface area (Å²) >= 11 is 0. The van der Waals surface area contributed by atoms with E-state index in [1.165, 1.54) is 19.0 Å². The van der Waals surface area contributed by atoms with Gasteiger partial charge < -0.3 is 0 Å². The molecule has 8 heterocycles. The summed E-state index contributed by atoms with van der Waals surface area (Å²) in [5.74, 6) is 6.22. The zero-order valence-electron chi connectivity index (χ0n) is 45.4. The highest BCUT2D eigenvalue weighted by Crippen LogP contribution is 2.11. The molecule has 0 saturated heterocycles. The molecule has 8 aromatic rings. The molecule has 8 aromatic heterocycles. The Labute approximate surface area is 428 Å². The van der Waals surface area contributed by atoms with Gasteiger partial charge >= 0.3 is 0 Å². The van der Waals surface area contributed by atoms with Crippen LogP contribution in [0.3, 0.4) is 0 Å². The van der Waals surface area contributed by atoms with Gasteiger partial charge in [-0.15, -0.1) is 10.2 Å². The Bertz CT molecular complexity index is 1880. The lowest BCUT2D eigenvalue weighted by Gasteiger charge is -2.00. The largest absolute Gasteiger partial charge is 0.261 e. The fraction of sp³-hybridized carbons (Fsp3) is 0.444. The minimum atomic E-state index is 0.374. The first-order valence-corrected chi connectivity index (χ1v) is 24.3. The number of rotatable bonds is 8. The fourth-order valence-corrected chi connectivity index (χ4v) is 4.79. The van der Waals surface area contributed by atoms with Crippen LogP contribution in [0.25, 0.3) is 0 Å². The topological polar surface area (TPSA) is 232 Å². The van der Waals surface area contributed by atoms with Crippen molar-refractivity contribution in [2.75, 3.05) is 0 Å². The van der Waals surface area contributed by atoms with Gasteiger partial charge in [-0.1, -0.05) is 117 Å². The van der Waals surface area contributed by atoms with Crippen molar-refractivity contribution in [2.24, 2.45) is 0 Å². The molecule has 0 aliphatic rings. The van der Waals surface area contributed by atoms with Gasteiger partial charge in [0.1, 0.15) is 37.0 Å². The number of pyridine rings is 1. The van der Waals surface area contributed by atoms with Crippen LogP contribution >= 0.6 is 0 Å². The van der Waals surface area contributed by atoms with E-state index in [2.05, 4.69) is 187 Å². The number of hydrogen-bond donors (Lipinski definition) is 0. The molecule has 0 aliphatic heterocycles. The molecule has 0 spiro atoms. The van der Waals surface area contributed by atoms with Gasteiger partial charge in [-0.25, -0.2) is 44.9 Å². The second kappa shape index (κ2) is 38.3. The predicted molar refractivity (Wildman–Crippen MR) is 285 cm³/mol. The smallest absolute Gasteiger partial charge is 0.153 e. The van der Waals surface area contributed by atoms with Gasteiger partial charge in [0.25, 0.3) is 0 Å². The first-order valence-electron chi connectivity index (χ1n) is 24.3. The fourth-order valence-electron chi connectivity index (χ4n) is 4.79. The lowest BCUT2D eigenvalue weighted by Crippen LogP contribution is -1.96. The Kier molecular flexibility index (Phi) is 33.2. The molecular weight excluding hydrogens is 901 g/mol. The second-order valence-corrected chi connectivity index (χ2v) is 18.0. The van der Waals surface area contributed by atoms with Crippen LogP contribution < -0.4 is 0 Å². The highest BCUT2D eigenvalue weighted by atomic mass is 15.1. The Morgan fingerprint density at radius 1 is 0.250 bits per heavy atom. The zero-order valence-corrected chi connectivity index (χ0v) is 45.4. The van der Waals surface area contributed by atoms with E-state index in [1.807, 2.05) is 62.5 Å². The highest BCUT2D eigenvalue weighted by molar-refractivity contribution is 5.07. The van der Waals surface area contributed by atoms with Crippen molar-refractivity contribution >= 4 is 0 Å². The van der Waals surface area contributed by atoms with Crippen molar-refractivity contribution in [1.29, 1.82) is 0 Å². The molecule has 18 nitrogen and oxygen atoms in total. The summed E-state index contributed by atoms with van der Waals surface area (Å²) in [7, 11) is 0. The summed E-state index contributed by atoms with van der Waals surface area (Å²) in [6, 6.07) is 13.6. The van der Waals surface area contributed by atoms with Crippen molar-refractivity contribution in [2.45, 2.75) is 158 Å². The molecule has 0 radical (unpaired) electrons. The molecule has 384 valence electrons. The van der Waals surface area contributed by atoms with E-state index in [9.17, 15) is 0 Å². The molecule has 18 heteroatoms.